The average molecular weight is 286 g/mol. The van der Waals surface area contributed by atoms with Gasteiger partial charge in [0.1, 0.15) is 22.8 Å². The normalized spacial score (nSPS) is 11.0. The van der Waals surface area contributed by atoms with Crippen LogP contribution in [0.2, 0.25) is 0 Å². The summed E-state index contributed by atoms with van der Waals surface area (Å²) in [6.07, 6.45) is 0. The van der Waals surface area contributed by atoms with Crippen molar-refractivity contribution in [3.8, 4) is 22.9 Å². The summed E-state index contributed by atoms with van der Waals surface area (Å²) >= 11 is 0. The largest absolute Gasteiger partial charge is 0.507 e. The number of aryl methyl sites for hydroxylation is 1. The van der Waals surface area contributed by atoms with Crippen LogP contribution in [0.1, 0.15) is 6.92 Å². The van der Waals surface area contributed by atoms with E-state index in [0.29, 0.717) is 34.7 Å². The highest BCUT2D eigenvalue weighted by Crippen LogP contribution is 2.34. The van der Waals surface area contributed by atoms with Gasteiger partial charge in [0.25, 0.3) is 0 Å². The Morgan fingerprint density at radius 1 is 1.29 bits per heavy atom. The van der Waals surface area contributed by atoms with E-state index in [-0.39, 0.29) is 11.6 Å². The molecule has 2 aromatic carbocycles. The molecule has 4 nitrogen and oxygen atoms in total. The van der Waals surface area contributed by atoms with Gasteiger partial charge in [-0.3, -0.25) is 0 Å². The third-order valence-electron chi connectivity index (χ3n) is 3.49. The number of phenols is 1. The van der Waals surface area contributed by atoms with Crippen LogP contribution < -0.4 is 4.74 Å². The molecule has 3 rings (SSSR count). The first-order chi connectivity index (χ1) is 10.2. The molecule has 0 amide bonds. The van der Waals surface area contributed by atoms with Gasteiger partial charge in [0.2, 0.25) is 0 Å². The Balaban J connectivity index is 2.32. The van der Waals surface area contributed by atoms with Gasteiger partial charge >= 0.3 is 0 Å². The second-order valence-corrected chi connectivity index (χ2v) is 4.67. The van der Waals surface area contributed by atoms with Crippen LogP contribution in [0, 0.1) is 5.82 Å². The second-order valence-electron chi connectivity index (χ2n) is 4.67. The molecular formula is C16H15FN2O2. The smallest absolute Gasteiger partial charge is 0.151 e. The maximum Gasteiger partial charge on any atom is 0.151 e. The molecule has 0 atom stereocenters. The molecule has 0 unspecified atom stereocenters. The molecule has 0 fully saturated rings. The minimum Gasteiger partial charge on any atom is -0.507 e. The number of aromatic hydroxyl groups is 1. The molecule has 0 saturated carbocycles. The van der Waals surface area contributed by atoms with Gasteiger partial charge in [0.05, 0.1) is 18.2 Å². The van der Waals surface area contributed by atoms with E-state index < -0.39 is 0 Å². The topological polar surface area (TPSA) is 47.3 Å². The molecule has 0 aliphatic heterocycles. The Bertz CT molecular complexity index is 811. The number of halogens is 1. The molecule has 0 aliphatic carbocycles. The minimum atomic E-state index is -0.372. The number of methoxy groups -OCH3 is 1. The van der Waals surface area contributed by atoms with Gasteiger partial charge in [-0.2, -0.15) is 0 Å². The summed E-state index contributed by atoms with van der Waals surface area (Å²) in [6, 6.07) is 9.75. The number of hydrogen-bond donors (Lipinski definition) is 1. The van der Waals surface area contributed by atoms with E-state index in [1.807, 2.05) is 17.6 Å². The first-order valence-electron chi connectivity index (χ1n) is 6.67. The van der Waals surface area contributed by atoms with Crippen LogP contribution in [0.5, 0.6) is 11.5 Å². The number of nitrogens with zero attached hydrogens (tertiary/aromatic N) is 2. The zero-order valence-electron chi connectivity index (χ0n) is 11.8. The van der Waals surface area contributed by atoms with Crippen LogP contribution in [0.3, 0.4) is 0 Å². The summed E-state index contributed by atoms with van der Waals surface area (Å²) in [5.41, 5.74) is 1.53. The minimum absolute atomic E-state index is 0.0845. The van der Waals surface area contributed by atoms with Gasteiger partial charge in [0.15, 0.2) is 5.82 Å². The highest BCUT2D eigenvalue weighted by molar-refractivity contribution is 5.82. The van der Waals surface area contributed by atoms with Crippen LogP contribution >= 0.6 is 0 Å². The Morgan fingerprint density at radius 2 is 2.10 bits per heavy atom. The van der Waals surface area contributed by atoms with E-state index in [2.05, 4.69) is 4.98 Å². The van der Waals surface area contributed by atoms with E-state index in [1.54, 1.807) is 31.4 Å². The maximum absolute atomic E-state index is 13.9. The second kappa shape index (κ2) is 5.09. The zero-order chi connectivity index (χ0) is 15.0. The summed E-state index contributed by atoms with van der Waals surface area (Å²) in [7, 11) is 1.55. The lowest BCUT2D eigenvalue weighted by Gasteiger charge is -2.09. The van der Waals surface area contributed by atoms with Crippen LogP contribution in [0.15, 0.2) is 36.4 Å². The quantitative estimate of drug-likeness (QED) is 0.800. The third kappa shape index (κ3) is 2.11. The Morgan fingerprint density at radius 3 is 2.81 bits per heavy atom. The van der Waals surface area contributed by atoms with Crippen molar-refractivity contribution in [1.82, 2.24) is 9.55 Å². The standard InChI is InChI=1S/C16H15FN2O2/c1-3-19-13-6-4-5-12(17)15(13)18-16(19)11-9-10(21-2)7-8-14(11)20/h4-9,20H,3H2,1-2H3. The summed E-state index contributed by atoms with van der Waals surface area (Å²) < 4.78 is 21.0. The molecule has 0 spiro atoms. The van der Waals surface area contributed by atoms with E-state index in [9.17, 15) is 9.50 Å². The number of hydrogen-bond acceptors (Lipinski definition) is 3. The monoisotopic (exact) mass is 286 g/mol. The van der Waals surface area contributed by atoms with Gasteiger partial charge < -0.3 is 14.4 Å². The van der Waals surface area contributed by atoms with Crippen molar-refractivity contribution in [2.24, 2.45) is 0 Å². The van der Waals surface area contributed by atoms with Gasteiger partial charge in [-0.25, -0.2) is 9.37 Å². The van der Waals surface area contributed by atoms with Crippen molar-refractivity contribution in [3.63, 3.8) is 0 Å². The number of rotatable bonds is 3. The molecule has 3 aromatic rings. The number of aromatic nitrogens is 2. The van der Waals surface area contributed by atoms with E-state index in [0.717, 1.165) is 0 Å². The number of fused-ring (bicyclic) bond motifs is 1. The number of phenolic OH excluding ortho intramolecular Hbond substituents is 1. The summed E-state index contributed by atoms with van der Waals surface area (Å²) in [6.45, 7) is 2.57. The number of para-hydroxylation sites is 1. The van der Waals surface area contributed by atoms with E-state index in [4.69, 9.17) is 4.74 Å². The van der Waals surface area contributed by atoms with Crippen LogP contribution in [0.25, 0.3) is 22.4 Å². The maximum atomic E-state index is 13.9. The van der Waals surface area contributed by atoms with Crippen molar-refractivity contribution in [1.29, 1.82) is 0 Å². The molecule has 21 heavy (non-hydrogen) atoms. The van der Waals surface area contributed by atoms with Crippen molar-refractivity contribution < 1.29 is 14.2 Å². The van der Waals surface area contributed by atoms with Crippen molar-refractivity contribution in [3.05, 3.63) is 42.2 Å². The molecule has 0 bridgehead atoms. The molecule has 5 heteroatoms. The lowest BCUT2D eigenvalue weighted by Crippen LogP contribution is -1.98. The van der Waals surface area contributed by atoms with Crippen molar-refractivity contribution in [2.75, 3.05) is 7.11 Å². The van der Waals surface area contributed by atoms with Crippen molar-refractivity contribution in [2.45, 2.75) is 13.5 Å². The molecule has 1 N–H and O–H groups in total. The summed E-state index contributed by atoms with van der Waals surface area (Å²) in [5, 5.41) is 10.1. The predicted molar refractivity (Wildman–Crippen MR) is 79.0 cm³/mol. The van der Waals surface area contributed by atoms with Gasteiger partial charge in [0, 0.05) is 6.54 Å². The summed E-state index contributed by atoms with van der Waals surface area (Å²) in [4.78, 5) is 4.36. The average Bonchev–Trinajstić information content (AvgIpc) is 2.87. The van der Waals surface area contributed by atoms with Gasteiger partial charge in [-0.05, 0) is 37.3 Å². The Hall–Kier alpha value is -2.56. The molecule has 1 heterocycles. The van der Waals surface area contributed by atoms with Gasteiger partial charge in [-0.1, -0.05) is 6.07 Å². The lowest BCUT2D eigenvalue weighted by atomic mass is 10.1. The Kier molecular flexibility index (Phi) is 3.25. The van der Waals surface area contributed by atoms with Crippen LogP contribution in [-0.4, -0.2) is 21.8 Å². The molecule has 0 aliphatic rings. The SMILES string of the molecule is CCn1c(-c2cc(OC)ccc2O)nc2c(F)cccc21. The molecule has 0 saturated heterocycles. The van der Waals surface area contributed by atoms with Crippen molar-refractivity contribution >= 4 is 11.0 Å². The lowest BCUT2D eigenvalue weighted by molar-refractivity contribution is 0.412. The molecule has 1 aromatic heterocycles. The molecule has 0 radical (unpaired) electrons. The number of ether oxygens (including phenoxy) is 1. The predicted octanol–water partition coefficient (Wildman–Crippen LogP) is 3.58. The fourth-order valence-electron chi connectivity index (χ4n) is 2.46. The molecule has 108 valence electrons. The first kappa shape index (κ1) is 13.4. The first-order valence-corrected chi connectivity index (χ1v) is 6.67. The fourth-order valence-corrected chi connectivity index (χ4v) is 2.46. The Labute approximate surface area is 121 Å². The highest BCUT2D eigenvalue weighted by atomic mass is 19.1. The third-order valence-corrected chi connectivity index (χ3v) is 3.49. The van der Waals surface area contributed by atoms with Crippen LogP contribution in [0.4, 0.5) is 4.39 Å². The van der Waals surface area contributed by atoms with E-state index >= 15 is 0 Å². The summed E-state index contributed by atoms with van der Waals surface area (Å²) in [5.74, 6) is 0.844. The van der Waals surface area contributed by atoms with Crippen LogP contribution in [-0.2, 0) is 6.54 Å². The zero-order valence-corrected chi connectivity index (χ0v) is 11.8. The highest BCUT2D eigenvalue weighted by Gasteiger charge is 2.17. The number of imidazole rings is 1. The fraction of sp³-hybridized carbons (Fsp3) is 0.188. The molecular weight excluding hydrogens is 271 g/mol. The number of benzene rings is 2. The van der Waals surface area contributed by atoms with E-state index in [1.165, 1.54) is 6.07 Å². The van der Waals surface area contributed by atoms with Gasteiger partial charge in [-0.15, -0.1) is 0 Å².